The van der Waals surface area contributed by atoms with Crippen molar-refractivity contribution in [3.05, 3.63) is 59.7 Å². The molecular weight excluding hydrogens is 292 g/mol. The summed E-state index contributed by atoms with van der Waals surface area (Å²) in [4.78, 5) is 12.0. The van der Waals surface area contributed by atoms with E-state index in [0.717, 1.165) is 18.4 Å². The number of hydrogen-bond donors (Lipinski definition) is 0. The summed E-state index contributed by atoms with van der Waals surface area (Å²) in [6, 6.07) is 14.9. The molecule has 0 radical (unpaired) electrons. The molecule has 0 aliphatic rings. The highest BCUT2D eigenvalue weighted by molar-refractivity contribution is 5.90. The van der Waals surface area contributed by atoms with E-state index in [0.29, 0.717) is 30.3 Å². The van der Waals surface area contributed by atoms with E-state index in [2.05, 4.69) is 6.92 Å². The van der Waals surface area contributed by atoms with Gasteiger partial charge in [-0.2, -0.15) is 0 Å². The van der Waals surface area contributed by atoms with E-state index < -0.39 is 0 Å². The number of hydrogen-bond acceptors (Lipinski definition) is 4. The van der Waals surface area contributed by atoms with Gasteiger partial charge in [0.15, 0.2) is 11.5 Å². The average Bonchev–Trinajstić information content (AvgIpc) is 2.60. The Balaban J connectivity index is 2.07. The molecule has 0 fully saturated rings. The first-order chi connectivity index (χ1) is 11.2. The molecule has 23 heavy (non-hydrogen) atoms. The van der Waals surface area contributed by atoms with Crippen molar-refractivity contribution < 1.29 is 19.0 Å². The number of rotatable bonds is 8. The lowest BCUT2D eigenvalue weighted by atomic mass is 10.2. The quantitative estimate of drug-likeness (QED) is 0.540. The average molecular weight is 314 g/mol. The van der Waals surface area contributed by atoms with Crippen molar-refractivity contribution in [2.45, 2.75) is 26.4 Å². The van der Waals surface area contributed by atoms with Crippen molar-refractivity contribution in [2.24, 2.45) is 0 Å². The van der Waals surface area contributed by atoms with Crippen LogP contribution in [0.4, 0.5) is 0 Å². The number of carbonyl (C=O) groups excluding carboxylic acids is 1. The Morgan fingerprint density at radius 2 is 1.83 bits per heavy atom. The molecule has 0 N–H and O–H groups in total. The molecule has 0 spiro atoms. The van der Waals surface area contributed by atoms with Crippen LogP contribution in [0.25, 0.3) is 0 Å². The number of ether oxygens (including phenoxy) is 3. The van der Waals surface area contributed by atoms with E-state index in [1.54, 1.807) is 25.3 Å². The maximum absolute atomic E-state index is 12.0. The van der Waals surface area contributed by atoms with Gasteiger partial charge >= 0.3 is 5.97 Å². The second-order valence-electron chi connectivity index (χ2n) is 5.13. The van der Waals surface area contributed by atoms with Crippen molar-refractivity contribution in [1.82, 2.24) is 0 Å². The van der Waals surface area contributed by atoms with Crippen LogP contribution in [0.15, 0.2) is 48.5 Å². The molecule has 0 amide bonds. The molecule has 0 aliphatic heterocycles. The fourth-order valence-corrected chi connectivity index (χ4v) is 2.04. The summed E-state index contributed by atoms with van der Waals surface area (Å²) in [7, 11) is 1.57. The Morgan fingerprint density at radius 1 is 1.04 bits per heavy atom. The van der Waals surface area contributed by atoms with Gasteiger partial charge in [-0.05, 0) is 30.2 Å². The predicted molar refractivity (Wildman–Crippen MR) is 89.0 cm³/mol. The molecule has 0 aromatic heterocycles. The zero-order valence-electron chi connectivity index (χ0n) is 13.6. The van der Waals surface area contributed by atoms with Crippen molar-refractivity contribution in [2.75, 3.05) is 13.7 Å². The van der Waals surface area contributed by atoms with Gasteiger partial charge in [-0.1, -0.05) is 43.7 Å². The van der Waals surface area contributed by atoms with Crippen LogP contribution in [0, 0.1) is 0 Å². The van der Waals surface area contributed by atoms with E-state index in [-0.39, 0.29) is 5.97 Å². The first-order valence-corrected chi connectivity index (χ1v) is 7.76. The Bertz CT molecular complexity index is 623. The van der Waals surface area contributed by atoms with Gasteiger partial charge in [0.1, 0.15) is 6.61 Å². The van der Waals surface area contributed by atoms with E-state index in [4.69, 9.17) is 14.2 Å². The second-order valence-corrected chi connectivity index (χ2v) is 5.13. The SMILES string of the molecule is CCCCOC(=O)c1ccc(OC)c(OCc2ccccc2)c1. The first-order valence-electron chi connectivity index (χ1n) is 7.76. The van der Waals surface area contributed by atoms with Crippen LogP contribution in [-0.2, 0) is 11.3 Å². The van der Waals surface area contributed by atoms with Crippen LogP contribution in [0.5, 0.6) is 11.5 Å². The van der Waals surface area contributed by atoms with Crippen LogP contribution >= 0.6 is 0 Å². The van der Waals surface area contributed by atoms with Crippen LogP contribution in [0.3, 0.4) is 0 Å². The highest BCUT2D eigenvalue weighted by Crippen LogP contribution is 2.29. The number of carbonyl (C=O) groups is 1. The van der Waals surface area contributed by atoms with Crippen LogP contribution in [0.1, 0.15) is 35.7 Å². The van der Waals surface area contributed by atoms with Gasteiger partial charge in [0, 0.05) is 0 Å². The van der Waals surface area contributed by atoms with Gasteiger partial charge in [0.05, 0.1) is 19.3 Å². The standard InChI is InChI=1S/C19H22O4/c1-3-4-12-22-19(20)16-10-11-17(21-2)18(13-16)23-14-15-8-6-5-7-9-15/h5-11,13H,3-4,12,14H2,1-2H3. The minimum atomic E-state index is -0.342. The molecular formula is C19H22O4. The maximum Gasteiger partial charge on any atom is 0.338 e. The third-order valence-corrected chi connectivity index (χ3v) is 3.37. The van der Waals surface area contributed by atoms with Gasteiger partial charge in [0.2, 0.25) is 0 Å². The van der Waals surface area contributed by atoms with Crippen LogP contribution in [-0.4, -0.2) is 19.7 Å². The molecule has 0 saturated heterocycles. The Kier molecular flexibility index (Phi) is 6.48. The molecule has 2 aromatic rings. The molecule has 2 aromatic carbocycles. The molecule has 4 heteroatoms. The minimum absolute atomic E-state index is 0.342. The van der Waals surface area contributed by atoms with E-state index in [1.165, 1.54) is 0 Å². The Morgan fingerprint density at radius 3 is 2.52 bits per heavy atom. The van der Waals surface area contributed by atoms with Crippen molar-refractivity contribution in [3.63, 3.8) is 0 Å². The topological polar surface area (TPSA) is 44.8 Å². The summed E-state index contributed by atoms with van der Waals surface area (Å²) >= 11 is 0. The Labute approximate surface area is 137 Å². The second kappa shape index (κ2) is 8.83. The molecule has 0 saturated carbocycles. The lowest BCUT2D eigenvalue weighted by Crippen LogP contribution is -2.07. The summed E-state index contributed by atoms with van der Waals surface area (Å²) in [5, 5.41) is 0. The number of unbranched alkanes of at least 4 members (excludes halogenated alkanes) is 1. The fourth-order valence-electron chi connectivity index (χ4n) is 2.04. The first kappa shape index (κ1) is 16.9. The lowest BCUT2D eigenvalue weighted by Gasteiger charge is -2.12. The predicted octanol–water partition coefficient (Wildman–Crippen LogP) is 4.23. The van der Waals surface area contributed by atoms with Gasteiger partial charge in [-0.15, -0.1) is 0 Å². The highest BCUT2D eigenvalue weighted by atomic mass is 16.5. The summed E-state index contributed by atoms with van der Waals surface area (Å²) in [6.45, 7) is 2.89. The zero-order valence-corrected chi connectivity index (χ0v) is 13.6. The van der Waals surface area contributed by atoms with E-state index in [1.807, 2.05) is 30.3 Å². The number of benzene rings is 2. The smallest absolute Gasteiger partial charge is 0.338 e. The fraction of sp³-hybridized carbons (Fsp3) is 0.316. The minimum Gasteiger partial charge on any atom is -0.493 e. The summed E-state index contributed by atoms with van der Waals surface area (Å²) in [5.41, 5.74) is 1.51. The molecule has 0 bridgehead atoms. The van der Waals surface area contributed by atoms with E-state index in [9.17, 15) is 4.79 Å². The van der Waals surface area contributed by atoms with Gasteiger partial charge in [0.25, 0.3) is 0 Å². The lowest BCUT2D eigenvalue weighted by molar-refractivity contribution is 0.0499. The third kappa shape index (κ3) is 5.02. The molecule has 4 nitrogen and oxygen atoms in total. The third-order valence-electron chi connectivity index (χ3n) is 3.37. The molecule has 122 valence electrons. The zero-order chi connectivity index (χ0) is 16.5. The van der Waals surface area contributed by atoms with Crippen molar-refractivity contribution >= 4 is 5.97 Å². The normalized spacial score (nSPS) is 10.2. The molecule has 0 heterocycles. The summed E-state index contributed by atoms with van der Waals surface area (Å²) < 4.78 is 16.3. The van der Waals surface area contributed by atoms with Crippen molar-refractivity contribution in [3.8, 4) is 11.5 Å². The highest BCUT2D eigenvalue weighted by Gasteiger charge is 2.12. The van der Waals surface area contributed by atoms with Crippen LogP contribution < -0.4 is 9.47 Å². The summed E-state index contributed by atoms with van der Waals surface area (Å²) in [5.74, 6) is 0.776. The van der Waals surface area contributed by atoms with Gasteiger partial charge in [-0.3, -0.25) is 0 Å². The number of esters is 1. The van der Waals surface area contributed by atoms with Gasteiger partial charge in [-0.25, -0.2) is 4.79 Å². The maximum atomic E-state index is 12.0. The molecule has 2 rings (SSSR count). The molecule has 0 unspecified atom stereocenters. The largest absolute Gasteiger partial charge is 0.493 e. The van der Waals surface area contributed by atoms with E-state index >= 15 is 0 Å². The van der Waals surface area contributed by atoms with Crippen molar-refractivity contribution in [1.29, 1.82) is 0 Å². The Hall–Kier alpha value is -2.49. The summed E-state index contributed by atoms with van der Waals surface area (Å²) in [6.07, 6.45) is 1.85. The van der Waals surface area contributed by atoms with Gasteiger partial charge < -0.3 is 14.2 Å². The molecule has 0 atom stereocenters. The monoisotopic (exact) mass is 314 g/mol. The molecule has 0 aliphatic carbocycles. The van der Waals surface area contributed by atoms with Crippen LogP contribution in [0.2, 0.25) is 0 Å². The number of methoxy groups -OCH3 is 1.